The first-order valence-electron chi connectivity index (χ1n) is 5.90. The van der Waals surface area contributed by atoms with Crippen LogP contribution in [0.5, 0.6) is 5.75 Å². The summed E-state index contributed by atoms with van der Waals surface area (Å²) in [5.41, 5.74) is 6.09. The predicted molar refractivity (Wildman–Crippen MR) is 75.2 cm³/mol. The van der Waals surface area contributed by atoms with E-state index in [0.717, 1.165) is 29.8 Å². The second-order valence-corrected chi connectivity index (χ2v) is 5.68. The molecule has 7 nitrogen and oxygen atoms in total. The summed E-state index contributed by atoms with van der Waals surface area (Å²) >= 11 is 0. The van der Waals surface area contributed by atoms with Crippen molar-refractivity contribution in [1.29, 1.82) is 0 Å². The number of non-ortho nitro benzene ring substituents is 1. The van der Waals surface area contributed by atoms with Crippen LogP contribution in [0.25, 0.3) is 0 Å². The Labute approximate surface area is 121 Å². The molecule has 21 heavy (non-hydrogen) atoms. The fourth-order valence-electron chi connectivity index (χ4n) is 1.59. The molecule has 2 rings (SSSR count). The standard InChI is InChI=1S/C13H12N2O5S/c14-9-10-1-5-12(6-2-10)20-21(18,19)13-7-3-11(4-8-13)15(16)17/h1-8H,9,14H2. The topological polar surface area (TPSA) is 113 Å². The average Bonchev–Trinajstić information content (AvgIpc) is 2.48. The van der Waals surface area contributed by atoms with Gasteiger partial charge in [0.05, 0.1) is 4.92 Å². The van der Waals surface area contributed by atoms with Crippen molar-refractivity contribution in [3.63, 3.8) is 0 Å². The molecule has 0 unspecified atom stereocenters. The highest BCUT2D eigenvalue weighted by atomic mass is 32.2. The second kappa shape index (κ2) is 5.90. The number of rotatable bonds is 5. The van der Waals surface area contributed by atoms with Gasteiger partial charge in [-0.2, -0.15) is 8.42 Å². The zero-order valence-corrected chi connectivity index (χ0v) is 11.6. The van der Waals surface area contributed by atoms with Crippen LogP contribution in [-0.4, -0.2) is 13.3 Å². The first-order valence-corrected chi connectivity index (χ1v) is 7.31. The van der Waals surface area contributed by atoms with Crippen LogP contribution in [0.3, 0.4) is 0 Å². The van der Waals surface area contributed by atoms with Gasteiger partial charge in [-0.3, -0.25) is 10.1 Å². The number of hydrogen-bond donors (Lipinski definition) is 1. The van der Waals surface area contributed by atoms with Crippen LogP contribution in [-0.2, 0) is 16.7 Å². The summed E-state index contributed by atoms with van der Waals surface area (Å²) in [7, 11) is -4.03. The molecular weight excluding hydrogens is 296 g/mol. The molecule has 0 bridgehead atoms. The quantitative estimate of drug-likeness (QED) is 0.512. The maximum absolute atomic E-state index is 12.0. The van der Waals surface area contributed by atoms with E-state index in [9.17, 15) is 18.5 Å². The normalized spacial score (nSPS) is 11.1. The van der Waals surface area contributed by atoms with E-state index < -0.39 is 15.0 Å². The minimum absolute atomic E-state index is 0.144. The van der Waals surface area contributed by atoms with E-state index in [1.165, 1.54) is 12.1 Å². The molecule has 0 saturated heterocycles. The summed E-state index contributed by atoms with van der Waals surface area (Å²) in [6, 6.07) is 10.8. The summed E-state index contributed by atoms with van der Waals surface area (Å²) in [4.78, 5) is 9.76. The van der Waals surface area contributed by atoms with Crippen molar-refractivity contribution in [2.75, 3.05) is 0 Å². The van der Waals surface area contributed by atoms with Gasteiger partial charge in [-0.15, -0.1) is 0 Å². The van der Waals surface area contributed by atoms with Gasteiger partial charge in [0.25, 0.3) is 5.69 Å². The van der Waals surface area contributed by atoms with Crippen molar-refractivity contribution in [2.45, 2.75) is 11.4 Å². The molecule has 0 radical (unpaired) electrons. The molecule has 0 saturated carbocycles. The molecule has 2 aromatic carbocycles. The van der Waals surface area contributed by atoms with Gasteiger partial charge in [-0.1, -0.05) is 12.1 Å². The molecule has 0 fully saturated rings. The minimum atomic E-state index is -4.03. The molecule has 0 aromatic heterocycles. The minimum Gasteiger partial charge on any atom is -0.379 e. The fraction of sp³-hybridized carbons (Fsp3) is 0.0769. The summed E-state index contributed by atoms with van der Waals surface area (Å²) < 4.78 is 29.0. The van der Waals surface area contributed by atoms with Crippen molar-refractivity contribution < 1.29 is 17.5 Å². The van der Waals surface area contributed by atoms with E-state index in [0.29, 0.717) is 6.54 Å². The van der Waals surface area contributed by atoms with Crippen molar-refractivity contribution in [3.05, 3.63) is 64.2 Å². The predicted octanol–water partition coefficient (Wildman–Crippen LogP) is 1.82. The van der Waals surface area contributed by atoms with Gasteiger partial charge >= 0.3 is 10.1 Å². The Kier molecular flexibility index (Phi) is 4.20. The lowest BCUT2D eigenvalue weighted by atomic mass is 10.2. The number of hydrogen-bond acceptors (Lipinski definition) is 6. The third-order valence-electron chi connectivity index (χ3n) is 2.70. The number of nitro benzene ring substituents is 1. The van der Waals surface area contributed by atoms with Crippen molar-refractivity contribution in [2.24, 2.45) is 5.73 Å². The van der Waals surface area contributed by atoms with Crippen molar-refractivity contribution in [3.8, 4) is 5.75 Å². The number of nitro groups is 1. The summed E-state index contributed by atoms with van der Waals surface area (Å²) in [6.07, 6.45) is 0. The molecule has 0 aliphatic heterocycles. The Bertz CT molecular complexity index is 739. The van der Waals surface area contributed by atoms with Gasteiger partial charge in [0, 0.05) is 18.7 Å². The summed E-state index contributed by atoms with van der Waals surface area (Å²) in [6.45, 7) is 0.343. The zero-order chi connectivity index (χ0) is 15.5. The third kappa shape index (κ3) is 3.56. The maximum Gasteiger partial charge on any atom is 0.339 e. The van der Waals surface area contributed by atoms with E-state index in [4.69, 9.17) is 9.92 Å². The van der Waals surface area contributed by atoms with E-state index in [1.807, 2.05) is 0 Å². The van der Waals surface area contributed by atoms with Crippen LogP contribution in [0.2, 0.25) is 0 Å². The van der Waals surface area contributed by atoms with E-state index in [-0.39, 0.29) is 16.3 Å². The second-order valence-electron chi connectivity index (χ2n) is 4.14. The SMILES string of the molecule is NCc1ccc(OS(=O)(=O)c2ccc([N+](=O)[O-])cc2)cc1. The molecule has 2 N–H and O–H groups in total. The monoisotopic (exact) mass is 308 g/mol. The van der Waals surface area contributed by atoms with Gasteiger partial charge < -0.3 is 9.92 Å². The first-order chi connectivity index (χ1) is 9.92. The summed E-state index contributed by atoms with van der Waals surface area (Å²) in [5.74, 6) is 0.144. The lowest BCUT2D eigenvalue weighted by Gasteiger charge is -2.07. The molecule has 110 valence electrons. The highest BCUT2D eigenvalue weighted by molar-refractivity contribution is 7.87. The number of nitrogens with zero attached hydrogens (tertiary/aromatic N) is 1. The zero-order valence-electron chi connectivity index (χ0n) is 10.8. The first kappa shape index (κ1) is 14.9. The van der Waals surface area contributed by atoms with Crippen LogP contribution in [0.4, 0.5) is 5.69 Å². The van der Waals surface area contributed by atoms with Gasteiger partial charge in [-0.05, 0) is 29.8 Å². The highest BCUT2D eigenvalue weighted by Gasteiger charge is 2.18. The van der Waals surface area contributed by atoms with Crippen LogP contribution >= 0.6 is 0 Å². The lowest BCUT2D eigenvalue weighted by Crippen LogP contribution is -2.09. The van der Waals surface area contributed by atoms with Crippen molar-refractivity contribution >= 4 is 15.8 Å². The highest BCUT2D eigenvalue weighted by Crippen LogP contribution is 2.21. The van der Waals surface area contributed by atoms with Crippen LogP contribution in [0.1, 0.15) is 5.56 Å². The lowest BCUT2D eigenvalue weighted by molar-refractivity contribution is -0.384. The molecule has 0 spiro atoms. The van der Waals surface area contributed by atoms with Gasteiger partial charge in [0.2, 0.25) is 0 Å². The fourth-order valence-corrected chi connectivity index (χ4v) is 2.52. The molecule has 0 aliphatic carbocycles. The van der Waals surface area contributed by atoms with Crippen LogP contribution in [0, 0.1) is 10.1 Å². The molecular formula is C13H12N2O5S. The Hall–Kier alpha value is -2.45. The van der Waals surface area contributed by atoms with Gasteiger partial charge in [-0.25, -0.2) is 0 Å². The van der Waals surface area contributed by atoms with E-state index >= 15 is 0 Å². The molecule has 0 aliphatic rings. The number of nitrogens with two attached hydrogens (primary N) is 1. The van der Waals surface area contributed by atoms with Crippen LogP contribution in [0.15, 0.2) is 53.4 Å². The van der Waals surface area contributed by atoms with E-state index in [1.54, 1.807) is 12.1 Å². The Morgan fingerprint density at radius 3 is 2.10 bits per heavy atom. The average molecular weight is 308 g/mol. The largest absolute Gasteiger partial charge is 0.379 e. The number of benzene rings is 2. The molecule has 2 aromatic rings. The molecule has 8 heteroatoms. The summed E-state index contributed by atoms with van der Waals surface area (Å²) in [5, 5.41) is 10.5. The molecule has 0 atom stereocenters. The van der Waals surface area contributed by atoms with Gasteiger partial charge in [0.15, 0.2) is 0 Å². The molecule has 0 heterocycles. The molecule has 0 amide bonds. The Morgan fingerprint density at radius 1 is 1.05 bits per heavy atom. The third-order valence-corrected chi connectivity index (χ3v) is 3.96. The van der Waals surface area contributed by atoms with Crippen molar-refractivity contribution in [1.82, 2.24) is 0 Å². The maximum atomic E-state index is 12.0. The Morgan fingerprint density at radius 2 is 1.62 bits per heavy atom. The van der Waals surface area contributed by atoms with Gasteiger partial charge in [0.1, 0.15) is 10.6 Å². The Balaban J connectivity index is 2.22. The van der Waals surface area contributed by atoms with Crippen LogP contribution < -0.4 is 9.92 Å². The van der Waals surface area contributed by atoms with E-state index in [2.05, 4.69) is 0 Å². The smallest absolute Gasteiger partial charge is 0.339 e.